The zero-order valence-corrected chi connectivity index (χ0v) is 6.24. The Kier molecular flexibility index (Phi) is 2.65. The summed E-state index contributed by atoms with van der Waals surface area (Å²) in [6.07, 6.45) is 7.18. The number of rotatable bonds is 1. The fraction of sp³-hybridized carbons (Fsp3) is 0. The Hall–Kier alpha value is -2.06. The van der Waals surface area contributed by atoms with E-state index in [2.05, 4.69) is 17.9 Å². The summed E-state index contributed by atoms with van der Waals surface area (Å²) in [5.41, 5.74) is 0. The third-order valence-corrected chi connectivity index (χ3v) is 1.13. The summed E-state index contributed by atoms with van der Waals surface area (Å²) in [4.78, 5) is 0. The fourth-order valence-electron chi connectivity index (χ4n) is 0.628. The van der Waals surface area contributed by atoms with Gasteiger partial charge in [-0.1, -0.05) is 0 Å². The summed E-state index contributed by atoms with van der Waals surface area (Å²) in [6.45, 7) is 0. The maximum absolute atomic E-state index is 8.90. The van der Waals surface area contributed by atoms with Crippen LogP contribution in [0.1, 0.15) is 0 Å². The summed E-state index contributed by atoms with van der Waals surface area (Å²) < 4.78 is 4.89. The molecule has 12 heavy (non-hydrogen) atoms. The van der Waals surface area contributed by atoms with Gasteiger partial charge in [0.2, 0.25) is 0 Å². The Morgan fingerprint density at radius 2 is 1.92 bits per heavy atom. The molecular formula is C10H6O2. The smallest absolute Gasteiger partial charge is 0.140 e. The van der Waals surface area contributed by atoms with Crippen LogP contribution in [0.4, 0.5) is 0 Å². The molecule has 0 unspecified atom stereocenters. The van der Waals surface area contributed by atoms with Gasteiger partial charge in [0, 0.05) is 5.92 Å². The maximum atomic E-state index is 8.90. The highest BCUT2D eigenvalue weighted by molar-refractivity contribution is 5.31. The Balaban J connectivity index is 2.66. The van der Waals surface area contributed by atoms with Crippen LogP contribution in [0, 0.1) is 24.4 Å². The molecule has 2 nitrogen and oxygen atoms in total. The second-order valence-electron chi connectivity index (χ2n) is 1.97. The standard InChI is InChI=1S/C10H6O2/c1-2-3-8-12-10-6-4-9(11)5-7-10/h1,4-7,11H. The van der Waals surface area contributed by atoms with E-state index in [4.69, 9.17) is 16.3 Å². The lowest BCUT2D eigenvalue weighted by Crippen LogP contribution is -1.80. The van der Waals surface area contributed by atoms with Crippen LogP contribution in [0.3, 0.4) is 0 Å². The number of aromatic hydroxyl groups is 1. The number of phenols is 1. The van der Waals surface area contributed by atoms with E-state index in [9.17, 15) is 0 Å². The normalized spacial score (nSPS) is 7.58. The first kappa shape index (κ1) is 8.04. The molecule has 1 aromatic rings. The van der Waals surface area contributed by atoms with E-state index in [1.54, 1.807) is 12.1 Å². The summed E-state index contributed by atoms with van der Waals surface area (Å²) >= 11 is 0. The van der Waals surface area contributed by atoms with Crippen molar-refractivity contribution in [3.63, 3.8) is 0 Å². The van der Waals surface area contributed by atoms with Crippen molar-refractivity contribution in [2.24, 2.45) is 0 Å². The van der Waals surface area contributed by atoms with Crippen LogP contribution in [0.2, 0.25) is 0 Å². The number of hydrogen-bond donors (Lipinski definition) is 1. The van der Waals surface area contributed by atoms with E-state index >= 15 is 0 Å². The number of phenolic OH excluding ortho intramolecular Hbond substituents is 1. The van der Waals surface area contributed by atoms with E-state index in [0.717, 1.165) is 0 Å². The predicted molar refractivity (Wildman–Crippen MR) is 45.3 cm³/mol. The van der Waals surface area contributed by atoms with Gasteiger partial charge in [0.1, 0.15) is 17.6 Å². The van der Waals surface area contributed by atoms with Gasteiger partial charge < -0.3 is 9.84 Å². The lowest BCUT2D eigenvalue weighted by molar-refractivity contribution is 0.471. The lowest BCUT2D eigenvalue weighted by atomic mass is 10.3. The van der Waals surface area contributed by atoms with Crippen LogP contribution in [0.25, 0.3) is 0 Å². The van der Waals surface area contributed by atoms with Crippen molar-refractivity contribution in [3.8, 4) is 35.9 Å². The van der Waals surface area contributed by atoms with Gasteiger partial charge in [0.05, 0.1) is 0 Å². The number of ether oxygens (including phenoxy) is 1. The van der Waals surface area contributed by atoms with Crippen molar-refractivity contribution < 1.29 is 9.84 Å². The molecule has 1 N–H and O–H groups in total. The van der Waals surface area contributed by atoms with Crippen LogP contribution >= 0.6 is 0 Å². The molecule has 58 valence electrons. The van der Waals surface area contributed by atoms with Crippen molar-refractivity contribution in [3.05, 3.63) is 24.3 Å². The third kappa shape index (κ3) is 2.28. The van der Waals surface area contributed by atoms with E-state index in [-0.39, 0.29) is 5.75 Å². The van der Waals surface area contributed by atoms with Crippen molar-refractivity contribution in [1.29, 1.82) is 0 Å². The molecular weight excluding hydrogens is 152 g/mol. The predicted octanol–water partition coefficient (Wildman–Crippen LogP) is 1.37. The topological polar surface area (TPSA) is 29.5 Å². The maximum Gasteiger partial charge on any atom is 0.140 e. The van der Waals surface area contributed by atoms with Crippen LogP contribution in [-0.2, 0) is 0 Å². The molecule has 1 aromatic carbocycles. The molecule has 0 saturated carbocycles. The minimum Gasteiger partial charge on any atom is -0.508 e. The average molecular weight is 158 g/mol. The Morgan fingerprint density at radius 1 is 1.25 bits per heavy atom. The van der Waals surface area contributed by atoms with Gasteiger partial charge >= 0.3 is 0 Å². The molecule has 0 aliphatic carbocycles. The summed E-state index contributed by atoms with van der Waals surface area (Å²) in [6, 6.07) is 6.21. The SMILES string of the molecule is C#CC#COc1ccc(O)cc1. The van der Waals surface area contributed by atoms with Gasteiger partial charge in [0.15, 0.2) is 0 Å². The van der Waals surface area contributed by atoms with E-state index in [1.165, 1.54) is 12.1 Å². The summed E-state index contributed by atoms with van der Waals surface area (Å²) in [7, 11) is 0. The van der Waals surface area contributed by atoms with Gasteiger partial charge in [0.25, 0.3) is 0 Å². The minimum atomic E-state index is 0.187. The van der Waals surface area contributed by atoms with Gasteiger partial charge in [-0.2, -0.15) is 0 Å². The lowest BCUT2D eigenvalue weighted by Gasteiger charge is -1.94. The number of hydrogen-bond acceptors (Lipinski definition) is 2. The van der Waals surface area contributed by atoms with Gasteiger partial charge in [-0.3, -0.25) is 0 Å². The first-order valence-electron chi connectivity index (χ1n) is 3.24. The van der Waals surface area contributed by atoms with Crippen molar-refractivity contribution in [1.82, 2.24) is 0 Å². The molecule has 0 aliphatic rings. The average Bonchev–Trinajstić information content (AvgIpc) is 2.09. The van der Waals surface area contributed by atoms with Crippen LogP contribution in [0.15, 0.2) is 24.3 Å². The number of terminal acetylenes is 1. The van der Waals surface area contributed by atoms with E-state index in [0.29, 0.717) is 5.75 Å². The van der Waals surface area contributed by atoms with E-state index < -0.39 is 0 Å². The first-order chi connectivity index (χ1) is 5.83. The quantitative estimate of drug-likeness (QED) is 0.625. The molecule has 0 fully saturated rings. The monoisotopic (exact) mass is 158 g/mol. The summed E-state index contributed by atoms with van der Waals surface area (Å²) in [5, 5.41) is 8.90. The van der Waals surface area contributed by atoms with Crippen molar-refractivity contribution in [2.75, 3.05) is 0 Å². The molecule has 2 heteroatoms. The molecule has 1 rings (SSSR count). The van der Waals surface area contributed by atoms with Crippen LogP contribution in [-0.4, -0.2) is 5.11 Å². The van der Waals surface area contributed by atoms with Crippen molar-refractivity contribution >= 4 is 0 Å². The second kappa shape index (κ2) is 3.95. The second-order valence-corrected chi connectivity index (χ2v) is 1.97. The molecule has 0 radical (unpaired) electrons. The van der Waals surface area contributed by atoms with Crippen molar-refractivity contribution in [2.45, 2.75) is 0 Å². The van der Waals surface area contributed by atoms with Gasteiger partial charge in [-0.25, -0.2) is 0 Å². The summed E-state index contributed by atoms with van der Waals surface area (Å²) in [5.74, 6) is 5.16. The highest BCUT2D eigenvalue weighted by Crippen LogP contribution is 2.15. The fourth-order valence-corrected chi connectivity index (χ4v) is 0.628. The zero-order chi connectivity index (χ0) is 8.81. The number of benzene rings is 1. The molecule has 0 bridgehead atoms. The van der Waals surface area contributed by atoms with Gasteiger partial charge in [-0.15, -0.1) is 6.42 Å². The highest BCUT2D eigenvalue weighted by Gasteiger charge is 1.89. The molecule has 0 aliphatic heterocycles. The minimum absolute atomic E-state index is 0.187. The largest absolute Gasteiger partial charge is 0.508 e. The zero-order valence-electron chi connectivity index (χ0n) is 6.24. The van der Waals surface area contributed by atoms with Crippen LogP contribution < -0.4 is 4.74 Å². The molecule has 0 heterocycles. The molecule has 0 spiro atoms. The van der Waals surface area contributed by atoms with E-state index in [1.807, 2.05) is 0 Å². The molecule has 0 saturated heterocycles. The first-order valence-corrected chi connectivity index (χ1v) is 3.24. The molecule has 0 amide bonds. The third-order valence-electron chi connectivity index (χ3n) is 1.13. The van der Waals surface area contributed by atoms with Gasteiger partial charge in [-0.05, 0) is 30.2 Å². The molecule has 0 atom stereocenters. The Morgan fingerprint density at radius 3 is 2.50 bits per heavy atom. The highest BCUT2D eigenvalue weighted by atomic mass is 16.5. The Bertz CT molecular complexity index is 346. The molecule has 0 aromatic heterocycles. The van der Waals surface area contributed by atoms with Crippen LogP contribution in [0.5, 0.6) is 11.5 Å². The Labute approximate surface area is 70.8 Å².